The summed E-state index contributed by atoms with van der Waals surface area (Å²) in [6, 6.07) is 16.2. The van der Waals surface area contributed by atoms with Crippen LogP contribution in [-0.2, 0) is 9.53 Å². The average molecular weight is 367 g/mol. The number of hydrogen-bond acceptors (Lipinski definition) is 4. The zero-order valence-electron chi connectivity index (χ0n) is 15.5. The molecule has 5 heteroatoms. The third kappa shape index (κ3) is 5.33. The Labute approximate surface area is 159 Å². The number of benzene rings is 2. The molecule has 5 nitrogen and oxygen atoms in total. The maximum atomic E-state index is 12.4. The number of esters is 1. The van der Waals surface area contributed by atoms with E-state index in [-0.39, 0.29) is 18.6 Å². The number of rotatable bonds is 6. The van der Waals surface area contributed by atoms with Crippen molar-refractivity contribution in [1.82, 2.24) is 5.32 Å². The molecule has 2 aromatic carbocycles. The summed E-state index contributed by atoms with van der Waals surface area (Å²) >= 11 is 0. The van der Waals surface area contributed by atoms with E-state index in [1.807, 2.05) is 18.2 Å². The molecule has 0 saturated heterocycles. The van der Waals surface area contributed by atoms with Crippen molar-refractivity contribution in [2.75, 3.05) is 6.61 Å². The van der Waals surface area contributed by atoms with Gasteiger partial charge in [0.15, 0.2) is 6.61 Å². The first kappa shape index (κ1) is 19.0. The second kappa shape index (κ2) is 9.21. The summed E-state index contributed by atoms with van der Waals surface area (Å²) in [5, 5.41) is 2.98. The molecule has 0 heterocycles. The van der Waals surface area contributed by atoms with E-state index in [0.717, 1.165) is 19.3 Å². The molecule has 0 unspecified atom stereocenters. The topological polar surface area (TPSA) is 64.6 Å². The van der Waals surface area contributed by atoms with Gasteiger partial charge in [-0.05, 0) is 43.0 Å². The minimum atomic E-state index is -0.576. The molecule has 0 bridgehead atoms. The normalized spacial score (nSPS) is 19.1. The summed E-state index contributed by atoms with van der Waals surface area (Å²) < 4.78 is 11.0. The van der Waals surface area contributed by atoms with Crippen molar-refractivity contribution in [3.05, 3.63) is 60.2 Å². The zero-order valence-corrected chi connectivity index (χ0v) is 15.5. The summed E-state index contributed by atoms with van der Waals surface area (Å²) in [7, 11) is 0. The van der Waals surface area contributed by atoms with Crippen molar-refractivity contribution in [2.24, 2.45) is 5.92 Å². The molecule has 0 aromatic heterocycles. The van der Waals surface area contributed by atoms with Gasteiger partial charge in [0.05, 0.1) is 0 Å². The van der Waals surface area contributed by atoms with Gasteiger partial charge in [0.25, 0.3) is 5.91 Å². The highest BCUT2D eigenvalue weighted by molar-refractivity contribution is 5.94. The molecule has 1 aliphatic carbocycles. The molecule has 1 fully saturated rings. The molecule has 142 valence electrons. The van der Waals surface area contributed by atoms with Gasteiger partial charge in [-0.3, -0.25) is 4.79 Å². The zero-order chi connectivity index (χ0) is 19.1. The van der Waals surface area contributed by atoms with Gasteiger partial charge < -0.3 is 14.8 Å². The fraction of sp³-hybridized carbons (Fsp3) is 0.364. The lowest BCUT2D eigenvalue weighted by molar-refractivity contribution is -0.125. The van der Waals surface area contributed by atoms with Gasteiger partial charge in [-0.2, -0.15) is 0 Å². The lowest BCUT2D eigenvalue weighted by Crippen LogP contribution is -2.42. The van der Waals surface area contributed by atoms with Gasteiger partial charge >= 0.3 is 5.97 Å². The van der Waals surface area contributed by atoms with Crippen LogP contribution in [0.5, 0.6) is 11.5 Å². The highest BCUT2D eigenvalue weighted by Crippen LogP contribution is 2.26. The van der Waals surface area contributed by atoms with Crippen LogP contribution in [-0.4, -0.2) is 24.5 Å². The quantitative estimate of drug-likeness (QED) is 0.772. The molecule has 1 aliphatic rings. The molecule has 1 saturated carbocycles. The molecule has 27 heavy (non-hydrogen) atoms. The maximum Gasteiger partial charge on any atom is 0.342 e. The van der Waals surface area contributed by atoms with Crippen LogP contribution in [0.25, 0.3) is 0 Å². The summed E-state index contributed by atoms with van der Waals surface area (Å²) in [5.74, 6) is 0.645. The van der Waals surface area contributed by atoms with Crippen LogP contribution < -0.4 is 10.1 Å². The van der Waals surface area contributed by atoms with E-state index >= 15 is 0 Å². The Balaban J connectivity index is 1.57. The number of nitrogens with one attached hydrogen (secondary N) is 1. The lowest BCUT2D eigenvalue weighted by atomic mass is 9.86. The van der Waals surface area contributed by atoms with Crippen molar-refractivity contribution in [3.8, 4) is 11.5 Å². The molecule has 2 atom stereocenters. The summed E-state index contributed by atoms with van der Waals surface area (Å²) in [4.78, 5) is 24.6. The van der Waals surface area contributed by atoms with Crippen molar-refractivity contribution in [2.45, 2.75) is 38.6 Å². The first-order valence-corrected chi connectivity index (χ1v) is 9.42. The SMILES string of the molecule is C[C@H]1CCCC[C@H]1NC(=O)COC(=O)c1ccccc1Oc1ccccc1. The van der Waals surface area contributed by atoms with E-state index in [1.54, 1.807) is 36.4 Å². The molecule has 3 rings (SSSR count). The van der Waals surface area contributed by atoms with Gasteiger partial charge in [-0.25, -0.2) is 4.79 Å². The summed E-state index contributed by atoms with van der Waals surface area (Å²) in [5.41, 5.74) is 0.292. The minimum Gasteiger partial charge on any atom is -0.456 e. The smallest absolute Gasteiger partial charge is 0.342 e. The Morgan fingerprint density at radius 1 is 1.00 bits per heavy atom. The summed E-state index contributed by atoms with van der Waals surface area (Å²) in [6.45, 7) is 1.86. The molecule has 0 aliphatic heterocycles. The number of ether oxygens (including phenoxy) is 2. The first-order valence-electron chi connectivity index (χ1n) is 9.42. The van der Waals surface area contributed by atoms with Crippen LogP contribution in [0.3, 0.4) is 0 Å². The van der Waals surface area contributed by atoms with Gasteiger partial charge in [0, 0.05) is 6.04 Å². The standard InChI is InChI=1S/C22H25NO4/c1-16-9-5-7-13-19(16)23-21(24)15-26-22(25)18-12-6-8-14-20(18)27-17-10-3-2-4-11-17/h2-4,6,8,10-12,14,16,19H,5,7,9,13,15H2,1H3,(H,23,24)/t16-,19+/m0/s1. The average Bonchev–Trinajstić information content (AvgIpc) is 2.69. The monoisotopic (exact) mass is 367 g/mol. The van der Waals surface area contributed by atoms with E-state index in [1.165, 1.54) is 6.42 Å². The van der Waals surface area contributed by atoms with E-state index in [9.17, 15) is 9.59 Å². The van der Waals surface area contributed by atoms with Crippen molar-refractivity contribution < 1.29 is 19.1 Å². The Morgan fingerprint density at radius 2 is 1.70 bits per heavy atom. The van der Waals surface area contributed by atoms with E-state index in [4.69, 9.17) is 9.47 Å². The van der Waals surface area contributed by atoms with Crippen LogP contribution in [0.1, 0.15) is 43.0 Å². The Kier molecular flexibility index (Phi) is 6.47. The largest absolute Gasteiger partial charge is 0.456 e. The highest BCUT2D eigenvalue weighted by atomic mass is 16.5. The predicted octanol–water partition coefficient (Wildman–Crippen LogP) is 4.33. The van der Waals surface area contributed by atoms with Gasteiger partial charge in [0.2, 0.25) is 0 Å². The fourth-order valence-corrected chi connectivity index (χ4v) is 3.33. The Hall–Kier alpha value is -2.82. The van der Waals surface area contributed by atoms with Crippen LogP contribution in [0.2, 0.25) is 0 Å². The number of para-hydroxylation sites is 2. The number of carbonyl (C=O) groups is 2. The molecule has 0 radical (unpaired) electrons. The molecule has 1 N–H and O–H groups in total. The Morgan fingerprint density at radius 3 is 2.48 bits per heavy atom. The second-order valence-electron chi connectivity index (χ2n) is 6.92. The van der Waals surface area contributed by atoms with E-state index in [0.29, 0.717) is 23.0 Å². The van der Waals surface area contributed by atoms with Gasteiger partial charge in [-0.15, -0.1) is 0 Å². The summed E-state index contributed by atoms with van der Waals surface area (Å²) in [6.07, 6.45) is 4.43. The van der Waals surface area contributed by atoms with Crippen molar-refractivity contribution in [3.63, 3.8) is 0 Å². The van der Waals surface area contributed by atoms with Gasteiger partial charge in [0.1, 0.15) is 17.1 Å². The lowest BCUT2D eigenvalue weighted by Gasteiger charge is -2.29. The number of amides is 1. The third-order valence-electron chi connectivity index (χ3n) is 4.87. The van der Waals surface area contributed by atoms with E-state index < -0.39 is 5.97 Å². The van der Waals surface area contributed by atoms with Crippen molar-refractivity contribution in [1.29, 1.82) is 0 Å². The third-order valence-corrected chi connectivity index (χ3v) is 4.87. The van der Waals surface area contributed by atoms with Crippen LogP contribution in [0.4, 0.5) is 0 Å². The molecule has 1 amide bonds. The number of carbonyl (C=O) groups excluding carboxylic acids is 2. The van der Waals surface area contributed by atoms with E-state index in [2.05, 4.69) is 12.2 Å². The highest BCUT2D eigenvalue weighted by Gasteiger charge is 2.23. The Bertz CT molecular complexity index is 775. The molecular weight excluding hydrogens is 342 g/mol. The minimum absolute atomic E-state index is 0.165. The predicted molar refractivity (Wildman–Crippen MR) is 103 cm³/mol. The first-order chi connectivity index (χ1) is 13.1. The number of hydrogen-bond donors (Lipinski definition) is 1. The molecule has 0 spiro atoms. The maximum absolute atomic E-state index is 12.4. The van der Waals surface area contributed by atoms with Gasteiger partial charge in [-0.1, -0.05) is 50.1 Å². The fourth-order valence-electron chi connectivity index (χ4n) is 3.33. The van der Waals surface area contributed by atoms with Crippen molar-refractivity contribution >= 4 is 11.9 Å². The molecule has 2 aromatic rings. The van der Waals surface area contributed by atoms with Crippen LogP contribution >= 0.6 is 0 Å². The van der Waals surface area contributed by atoms with Crippen LogP contribution in [0, 0.1) is 5.92 Å². The van der Waals surface area contributed by atoms with Crippen LogP contribution in [0.15, 0.2) is 54.6 Å². The molecular formula is C22H25NO4. The second-order valence-corrected chi connectivity index (χ2v) is 6.92.